The molecule has 1 aromatic carbocycles. The highest BCUT2D eigenvalue weighted by molar-refractivity contribution is 6.12. The summed E-state index contributed by atoms with van der Waals surface area (Å²) in [5.74, 6) is 1.43. The molecule has 2 heterocycles. The van der Waals surface area contributed by atoms with E-state index >= 15 is 0 Å². The molecule has 0 amide bonds. The highest BCUT2D eigenvalue weighted by Crippen LogP contribution is 2.13. The normalized spacial score (nSPS) is 14.0. The molecule has 0 bridgehead atoms. The Kier molecular flexibility index (Phi) is 5.49. The van der Waals surface area contributed by atoms with Crippen LogP contribution in [-0.4, -0.2) is 29.7 Å². The van der Waals surface area contributed by atoms with Crippen molar-refractivity contribution in [3.63, 3.8) is 0 Å². The third kappa shape index (κ3) is 4.59. The topological polar surface area (TPSA) is 46.8 Å². The molecule has 0 fully saturated rings. The van der Waals surface area contributed by atoms with Crippen LogP contribution in [0.2, 0.25) is 0 Å². The number of ether oxygens (including phenoxy) is 1. The molecule has 0 unspecified atom stereocenters. The molecule has 0 saturated carbocycles. The summed E-state index contributed by atoms with van der Waals surface area (Å²) >= 11 is 0. The molecule has 124 valence electrons. The van der Waals surface area contributed by atoms with Crippen LogP contribution in [0.1, 0.15) is 30.7 Å². The van der Waals surface area contributed by atoms with Crippen molar-refractivity contribution in [2.75, 3.05) is 13.2 Å². The van der Waals surface area contributed by atoms with E-state index in [-0.39, 0.29) is 0 Å². The predicted molar refractivity (Wildman–Crippen MR) is 97.7 cm³/mol. The van der Waals surface area contributed by atoms with Crippen LogP contribution in [0, 0.1) is 5.92 Å². The number of aliphatic imine (C=N–C) groups is 2. The summed E-state index contributed by atoms with van der Waals surface area (Å²) in [4.78, 5) is 13.3. The Morgan fingerprint density at radius 1 is 1.04 bits per heavy atom. The Morgan fingerprint density at radius 2 is 1.88 bits per heavy atom. The van der Waals surface area contributed by atoms with Gasteiger partial charge in [-0.1, -0.05) is 44.2 Å². The lowest BCUT2D eigenvalue weighted by atomic mass is 10.0. The fourth-order valence-electron chi connectivity index (χ4n) is 2.66. The van der Waals surface area contributed by atoms with Crippen molar-refractivity contribution in [1.82, 2.24) is 4.98 Å². The molecular weight excluding hydrogens is 298 g/mol. The van der Waals surface area contributed by atoms with Crippen molar-refractivity contribution in [1.29, 1.82) is 0 Å². The molecule has 4 heteroatoms. The summed E-state index contributed by atoms with van der Waals surface area (Å²) < 4.78 is 5.65. The second kappa shape index (κ2) is 7.97. The van der Waals surface area contributed by atoms with Gasteiger partial charge in [0, 0.05) is 6.20 Å². The number of benzene rings is 1. The van der Waals surface area contributed by atoms with Crippen molar-refractivity contribution in [2.24, 2.45) is 15.9 Å². The fourth-order valence-corrected chi connectivity index (χ4v) is 2.66. The third-order valence-electron chi connectivity index (χ3n) is 3.81. The average molecular weight is 321 g/mol. The first kappa shape index (κ1) is 16.5. The zero-order valence-corrected chi connectivity index (χ0v) is 14.3. The zero-order chi connectivity index (χ0) is 16.8. The molecule has 0 radical (unpaired) electrons. The SMILES string of the molecule is CC(C)Cc1ccc(C2=NC(COCc3ccccn3)=NC2)cc1. The lowest BCUT2D eigenvalue weighted by molar-refractivity contribution is 0.154. The fraction of sp³-hybridized carbons (Fsp3) is 0.350. The van der Waals surface area contributed by atoms with Crippen molar-refractivity contribution in [2.45, 2.75) is 26.9 Å². The van der Waals surface area contributed by atoms with E-state index in [0.717, 1.165) is 29.2 Å². The van der Waals surface area contributed by atoms with Crippen LogP contribution >= 0.6 is 0 Å². The van der Waals surface area contributed by atoms with Crippen LogP contribution in [0.3, 0.4) is 0 Å². The molecule has 0 aliphatic carbocycles. The van der Waals surface area contributed by atoms with Crippen LogP contribution in [0.4, 0.5) is 0 Å². The van der Waals surface area contributed by atoms with Crippen LogP contribution in [0.25, 0.3) is 0 Å². The molecule has 1 aliphatic rings. The van der Waals surface area contributed by atoms with Crippen LogP contribution in [0.15, 0.2) is 58.6 Å². The number of amidine groups is 1. The van der Waals surface area contributed by atoms with E-state index in [1.807, 2.05) is 18.2 Å². The Bertz CT molecular complexity index is 718. The summed E-state index contributed by atoms with van der Waals surface area (Å²) in [7, 11) is 0. The average Bonchev–Trinajstić information content (AvgIpc) is 3.05. The largest absolute Gasteiger partial charge is 0.367 e. The molecule has 1 aliphatic heterocycles. The number of aromatic nitrogens is 1. The predicted octanol–water partition coefficient (Wildman–Crippen LogP) is 3.70. The van der Waals surface area contributed by atoms with Gasteiger partial charge in [0.15, 0.2) is 0 Å². The molecule has 2 aromatic rings. The number of pyridine rings is 1. The molecule has 4 nitrogen and oxygen atoms in total. The van der Waals surface area contributed by atoms with E-state index in [2.05, 4.69) is 53.1 Å². The smallest absolute Gasteiger partial charge is 0.150 e. The van der Waals surface area contributed by atoms with Gasteiger partial charge in [-0.05, 0) is 35.6 Å². The van der Waals surface area contributed by atoms with Crippen LogP contribution in [0.5, 0.6) is 0 Å². The summed E-state index contributed by atoms with van der Waals surface area (Å²) in [6, 6.07) is 14.5. The Hall–Kier alpha value is -2.33. The molecule has 0 atom stereocenters. The zero-order valence-electron chi connectivity index (χ0n) is 14.3. The van der Waals surface area contributed by atoms with Gasteiger partial charge in [0.1, 0.15) is 12.4 Å². The lowest BCUT2D eigenvalue weighted by Crippen LogP contribution is -2.06. The minimum atomic E-state index is 0.422. The second-order valence-corrected chi connectivity index (χ2v) is 6.40. The lowest BCUT2D eigenvalue weighted by Gasteiger charge is -2.06. The van der Waals surface area contributed by atoms with Crippen molar-refractivity contribution in [3.05, 3.63) is 65.5 Å². The highest BCUT2D eigenvalue weighted by atomic mass is 16.5. The Labute approximate surface area is 143 Å². The van der Waals surface area contributed by atoms with Gasteiger partial charge < -0.3 is 4.74 Å². The Morgan fingerprint density at radius 3 is 2.58 bits per heavy atom. The van der Waals surface area contributed by atoms with Gasteiger partial charge in [0.05, 0.1) is 24.6 Å². The molecule has 0 saturated heterocycles. The van der Waals surface area contributed by atoms with Gasteiger partial charge in [-0.25, -0.2) is 4.99 Å². The first-order chi connectivity index (χ1) is 11.7. The molecule has 0 N–H and O–H groups in total. The van der Waals surface area contributed by atoms with Gasteiger partial charge in [0.25, 0.3) is 0 Å². The molecule has 1 aromatic heterocycles. The van der Waals surface area contributed by atoms with Gasteiger partial charge in [-0.15, -0.1) is 0 Å². The van der Waals surface area contributed by atoms with Crippen LogP contribution < -0.4 is 0 Å². The van der Waals surface area contributed by atoms with Crippen molar-refractivity contribution in [3.8, 4) is 0 Å². The molecule has 24 heavy (non-hydrogen) atoms. The quantitative estimate of drug-likeness (QED) is 0.780. The van der Waals surface area contributed by atoms with E-state index in [9.17, 15) is 0 Å². The molecule has 3 rings (SSSR count). The Balaban J connectivity index is 1.53. The van der Waals surface area contributed by atoms with E-state index in [1.165, 1.54) is 5.56 Å². The van der Waals surface area contributed by atoms with Crippen molar-refractivity contribution >= 4 is 11.5 Å². The molecule has 0 spiro atoms. The first-order valence-corrected chi connectivity index (χ1v) is 8.38. The second-order valence-electron chi connectivity index (χ2n) is 6.40. The maximum Gasteiger partial charge on any atom is 0.150 e. The number of hydrogen-bond acceptors (Lipinski definition) is 4. The minimum Gasteiger partial charge on any atom is -0.367 e. The minimum absolute atomic E-state index is 0.422. The van der Waals surface area contributed by atoms with Gasteiger partial charge in [0.2, 0.25) is 0 Å². The number of nitrogens with zero attached hydrogens (tertiary/aromatic N) is 3. The number of rotatable bonds is 7. The van der Waals surface area contributed by atoms with Gasteiger partial charge in [-0.2, -0.15) is 0 Å². The van der Waals surface area contributed by atoms with E-state index < -0.39 is 0 Å². The summed E-state index contributed by atoms with van der Waals surface area (Å²) in [6.45, 7) is 6.01. The van der Waals surface area contributed by atoms with E-state index in [1.54, 1.807) is 6.20 Å². The third-order valence-corrected chi connectivity index (χ3v) is 3.81. The first-order valence-electron chi connectivity index (χ1n) is 8.38. The van der Waals surface area contributed by atoms with Gasteiger partial charge in [-0.3, -0.25) is 9.98 Å². The summed E-state index contributed by atoms with van der Waals surface area (Å²) in [6.07, 6.45) is 2.88. The maximum atomic E-state index is 5.65. The van der Waals surface area contributed by atoms with Crippen molar-refractivity contribution < 1.29 is 4.74 Å². The number of hydrogen-bond donors (Lipinski definition) is 0. The van der Waals surface area contributed by atoms with Gasteiger partial charge >= 0.3 is 0 Å². The standard InChI is InChI=1S/C20H23N3O/c1-15(2)11-16-6-8-17(9-7-16)19-12-22-20(23-19)14-24-13-18-5-3-4-10-21-18/h3-10,15H,11-14H2,1-2H3. The highest BCUT2D eigenvalue weighted by Gasteiger charge is 2.12. The van der Waals surface area contributed by atoms with E-state index in [4.69, 9.17) is 4.74 Å². The van der Waals surface area contributed by atoms with Crippen LogP contribution in [-0.2, 0) is 17.8 Å². The molecular formula is C20H23N3O. The van der Waals surface area contributed by atoms with E-state index in [0.29, 0.717) is 25.7 Å². The summed E-state index contributed by atoms with van der Waals surface area (Å²) in [5.41, 5.74) is 4.45. The monoisotopic (exact) mass is 321 g/mol. The maximum absolute atomic E-state index is 5.65. The summed E-state index contributed by atoms with van der Waals surface area (Å²) in [5, 5.41) is 0.